The van der Waals surface area contributed by atoms with Crippen molar-refractivity contribution in [3.63, 3.8) is 0 Å². The minimum atomic E-state index is -0.683. The molecule has 6 heteroatoms. The van der Waals surface area contributed by atoms with Crippen LogP contribution >= 0.6 is 0 Å². The van der Waals surface area contributed by atoms with E-state index in [4.69, 9.17) is 10.00 Å². The van der Waals surface area contributed by atoms with E-state index >= 15 is 0 Å². The van der Waals surface area contributed by atoms with Crippen molar-refractivity contribution in [2.75, 3.05) is 13.7 Å². The van der Waals surface area contributed by atoms with Gasteiger partial charge >= 0.3 is 6.09 Å². The molecule has 0 heterocycles. The van der Waals surface area contributed by atoms with E-state index in [-0.39, 0.29) is 11.9 Å². The monoisotopic (exact) mass is 371 g/mol. The first-order valence-corrected chi connectivity index (χ1v) is 9.74. The van der Waals surface area contributed by atoms with E-state index < -0.39 is 12.1 Å². The summed E-state index contributed by atoms with van der Waals surface area (Å²) in [6.07, 6.45) is 5.82. The lowest BCUT2D eigenvalue weighted by Gasteiger charge is -2.29. The van der Waals surface area contributed by atoms with Gasteiger partial charge in [-0.2, -0.15) is 5.26 Å². The molecule has 6 nitrogen and oxygen atoms in total. The highest BCUT2D eigenvalue weighted by atomic mass is 16.5. The third-order valence-corrected chi connectivity index (χ3v) is 5.06. The number of hydrogen-bond acceptors (Lipinski definition) is 4. The van der Waals surface area contributed by atoms with E-state index in [1.54, 1.807) is 17.0 Å². The molecule has 0 radical (unpaired) electrons. The zero-order chi connectivity index (χ0) is 19.6. The second-order valence-corrected chi connectivity index (χ2v) is 7.09. The molecule has 2 amide bonds. The van der Waals surface area contributed by atoms with Gasteiger partial charge in [0.2, 0.25) is 5.91 Å². The largest absolute Gasteiger partial charge is 0.450 e. The summed E-state index contributed by atoms with van der Waals surface area (Å²) < 4.78 is 5.18. The van der Waals surface area contributed by atoms with Crippen LogP contribution in [-0.2, 0) is 16.0 Å². The molecule has 0 aromatic heterocycles. The molecule has 1 saturated carbocycles. The summed E-state index contributed by atoms with van der Waals surface area (Å²) in [6, 6.07) is 8.71. The molecule has 0 spiro atoms. The fourth-order valence-corrected chi connectivity index (χ4v) is 3.36. The van der Waals surface area contributed by atoms with Crippen LogP contribution in [0.3, 0.4) is 0 Å². The van der Waals surface area contributed by atoms with Crippen LogP contribution in [-0.4, -0.2) is 42.6 Å². The van der Waals surface area contributed by atoms with Crippen LogP contribution < -0.4 is 5.32 Å². The molecule has 1 atom stereocenters. The van der Waals surface area contributed by atoms with Crippen LogP contribution in [0.5, 0.6) is 0 Å². The van der Waals surface area contributed by atoms with Crippen LogP contribution in [0.25, 0.3) is 0 Å². The first-order valence-electron chi connectivity index (χ1n) is 9.74. The standard InChI is InChI=1S/C21H29N3O3/c1-3-4-13-27-21(26)23-19(14-16-9-11-17(15-22)12-10-16)20(25)24(2)18-7-5-6-8-18/h9-12,18-19H,3-8,13-14H2,1-2H3,(H,23,26). The predicted molar refractivity (Wildman–Crippen MR) is 103 cm³/mol. The molecule has 0 saturated heterocycles. The second-order valence-electron chi connectivity index (χ2n) is 7.09. The Kier molecular flexibility index (Phi) is 8.12. The molecule has 1 unspecified atom stereocenters. The number of amides is 2. The maximum atomic E-state index is 13.0. The van der Waals surface area contributed by atoms with Gasteiger partial charge < -0.3 is 15.0 Å². The summed E-state index contributed by atoms with van der Waals surface area (Å²) in [5.41, 5.74) is 1.46. The number of unbranched alkanes of at least 4 members (excludes halogenated alkanes) is 1. The number of ether oxygens (including phenoxy) is 1. The number of nitrogens with one attached hydrogen (secondary N) is 1. The maximum Gasteiger partial charge on any atom is 0.407 e. The fourth-order valence-electron chi connectivity index (χ4n) is 3.36. The number of nitriles is 1. The van der Waals surface area contributed by atoms with Crippen LogP contribution in [0.4, 0.5) is 4.79 Å². The van der Waals surface area contributed by atoms with Crippen molar-refractivity contribution in [2.45, 2.75) is 64.0 Å². The van der Waals surface area contributed by atoms with Gasteiger partial charge in [0.05, 0.1) is 18.2 Å². The molecule has 1 aromatic carbocycles. The molecule has 1 aromatic rings. The number of likely N-dealkylation sites (N-methyl/N-ethyl adjacent to an activating group) is 1. The summed E-state index contributed by atoms with van der Waals surface area (Å²) in [5.74, 6) is -0.0984. The molecule has 1 aliphatic carbocycles. The Hall–Kier alpha value is -2.55. The average molecular weight is 371 g/mol. The van der Waals surface area contributed by atoms with Crippen LogP contribution in [0, 0.1) is 11.3 Å². The topological polar surface area (TPSA) is 82.4 Å². The van der Waals surface area contributed by atoms with Gasteiger partial charge in [-0.3, -0.25) is 4.79 Å². The number of carbonyl (C=O) groups excluding carboxylic acids is 2. The predicted octanol–water partition coefficient (Wildman–Crippen LogP) is 3.40. The summed E-state index contributed by atoms with van der Waals surface area (Å²) in [7, 11) is 1.81. The molecule has 1 fully saturated rings. The van der Waals surface area contributed by atoms with Crippen molar-refractivity contribution in [3.05, 3.63) is 35.4 Å². The van der Waals surface area contributed by atoms with Gasteiger partial charge in [0.15, 0.2) is 0 Å². The minimum absolute atomic E-state index is 0.0984. The van der Waals surface area contributed by atoms with Crippen molar-refractivity contribution in [1.82, 2.24) is 10.2 Å². The van der Waals surface area contributed by atoms with Crippen LogP contribution in [0.2, 0.25) is 0 Å². The van der Waals surface area contributed by atoms with Crippen molar-refractivity contribution in [3.8, 4) is 6.07 Å². The highest BCUT2D eigenvalue weighted by molar-refractivity contribution is 5.86. The Morgan fingerprint density at radius 2 is 1.96 bits per heavy atom. The summed E-state index contributed by atoms with van der Waals surface area (Å²) >= 11 is 0. The van der Waals surface area contributed by atoms with E-state index in [9.17, 15) is 9.59 Å². The number of carbonyl (C=O) groups is 2. The summed E-state index contributed by atoms with van der Waals surface area (Å²) in [5, 5.41) is 11.7. The second kappa shape index (κ2) is 10.6. The highest BCUT2D eigenvalue weighted by Gasteiger charge is 2.30. The zero-order valence-corrected chi connectivity index (χ0v) is 16.2. The highest BCUT2D eigenvalue weighted by Crippen LogP contribution is 2.23. The first kappa shape index (κ1) is 20.8. The molecule has 2 rings (SSSR count). The van der Waals surface area contributed by atoms with Gasteiger partial charge in [0.25, 0.3) is 0 Å². The van der Waals surface area contributed by atoms with Crippen molar-refractivity contribution in [1.29, 1.82) is 5.26 Å². The van der Waals surface area contributed by atoms with E-state index in [2.05, 4.69) is 11.4 Å². The van der Waals surface area contributed by atoms with E-state index in [1.165, 1.54) is 0 Å². The fraction of sp³-hybridized carbons (Fsp3) is 0.571. The number of benzene rings is 1. The van der Waals surface area contributed by atoms with Crippen molar-refractivity contribution < 1.29 is 14.3 Å². The molecular formula is C21H29N3O3. The normalized spacial score (nSPS) is 15.0. The lowest BCUT2D eigenvalue weighted by atomic mass is 10.0. The lowest BCUT2D eigenvalue weighted by molar-refractivity contribution is -0.134. The smallest absolute Gasteiger partial charge is 0.407 e. The van der Waals surface area contributed by atoms with E-state index in [0.717, 1.165) is 44.1 Å². The van der Waals surface area contributed by atoms with E-state index in [1.807, 2.05) is 26.1 Å². The molecule has 1 N–H and O–H groups in total. The Bertz CT molecular complexity index is 660. The molecule has 0 bridgehead atoms. The van der Waals surface area contributed by atoms with Crippen molar-refractivity contribution in [2.24, 2.45) is 0 Å². The molecular weight excluding hydrogens is 342 g/mol. The molecule has 27 heavy (non-hydrogen) atoms. The van der Waals surface area contributed by atoms with Gasteiger partial charge in [-0.1, -0.05) is 38.3 Å². The van der Waals surface area contributed by atoms with E-state index in [0.29, 0.717) is 18.6 Å². The Labute approximate surface area is 161 Å². The Morgan fingerprint density at radius 1 is 1.30 bits per heavy atom. The number of alkyl carbamates (subject to hydrolysis) is 1. The molecule has 146 valence electrons. The number of hydrogen-bond donors (Lipinski definition) is 1. The van der Waals surface area contributed by atoms with Gasteiger partial charge in [-0.15, -0.1) is 0 Å². The summed E-state index contributed by atoms with van der Waals surface area (Å²) in [6.45, 7) is 2.37. The Morgan fingerprint density at radius 3 is 2.56 bits per heavy atom. The van der Waals surface area contributed by atoms with Gasteiger partial charge in [0.1, 0.15) is 6.04 Å². The van der Waals surface area contributed by atoms with Crippen molar-refractivity contribution >= 4 is 12.0 Å². The Balaban J connectivity index is 2.07. The first-order chi connectivity index (χ1) is 13.0. The van der Waals surface area contributed by atoms with Gasteiger partial charge in [0, 0.05) is 19.5 Å². The zero-order valence-electron chi connectivity index (χ0n) is 16.2. The SMILES string of the molecule is CCCCOC(=O)NC(Cc1ccc(C#N)cc1)C(=O)N(C)C1CCCC1. The number of rotatable bonds is 8. The number of nitrogens with zero attached hydrogens (tertiary/aromatic N) is 2. The third kappa shape index (κ3) is 6.28. The van der Waals surface area contributed by atoms with Crippen LogP contribution in [0.15, 0.2) is 24.3 Å². The van der Waals surface area contributed by atoms with Gasteiger partial charge in [-0.25, -0.2) is 4.79 Å². The molecule has 0 aliphatic heterocycles. The van der Waals surface area contributed by atoms with Gasteiger partial charge in [-0.05, 0) is 37.0 Å². The molecule has 1 aliphatic rings. The summed E-state index contributed by atoms with van der Waals surface area (Å²) in [4.78, 5) is 26.9. The lowest BCUT2D eigenvalue weighted by Crippen LogP contribution is -2.51. The van der Waals surface area contributed by atoms with Crippen LogP contribution in [0.1, 0.15) is 56.6 Å². The quantitative estimate of drug-likeness (QED) is 0.710. The maximum absolute atomic E-state index is 13.0. The third-order valence-electron chi connectivity index (χ3n) is 5.06. The minimum Gasteiger partial charge on any atom is -0.450 e. The average Bonchev–Trinajstić information content (AvgIpc) is 3.22.